The number of aromatic nitrogens is 1. The number of nitrogen functional groups attached to an aromatic ring is 1. The zero-order valence-electron chi connectivity index (χ0n) is 10.6. The van der Waals surface area contributed by atoms with Gasteiger partial charge in [-0.1, -0.05) is 65.3 Å². The van der Waals surface area contributed by atoms with Gasteiger partial charge in [-0.25, -0.2) is 0 Å². The van der Waals surface area contributed by atoms with Crippen LogP contribution in [-0.4, -0.2) is 5.16 Å². The Morgan fingerprint density at radius 2 is 1.68 bits per heavy atom. The van der Waals surface area contributed by atoms with Crippen molar-refractivity contribution in [2.24, 2.45) is 0 Å². The SMILES string of the molecule is Cc1cccc(-c2c(N)noc2-c2ccccc2)c1. The van der Waals surface area contributed by atoms with E-state index in [1.165, 1.54) is 5.56 Å². The number of nitrogens with two attached hydrogens (primary N) is 1. The van der Waals surface area contributed by atoms with Gasteiger partial charge in [-0.05, 0) is 12.5 Å². The largest absolute Gasteiger partial charge is 0.380 e. The molecule has 2 aromatic carbocycles. The number of aryl methyl sites for hydroxylation is 1. The second-order valence-corrected chi connectivity index (χ2v) is 4.51. The van der Waals surface area contributed by atoms with E-state index < -0.39 is 0 Å². The molecule has 0 unspecified atom stereocenters. The Balaban J connectivity index is 2.20. The third-order valence-corrected chi connectivity index (χ3v) is 3.06. The molecule has 0 aliphatic heterocycles. The van der Waals surface area contributed by atoms with Gasteiger partial charge in [0.1, 0.15) is 0 Å². The normalized spacial score (nSPS) is 10.6. The molecule has 0 atom stereocenters. The molecule has 0 fully saturated rings. The highest BCUT2D eigenvalue weighted by Gasteiger charge is 2.17. The van der Waals surface area contributed by atoms with Crippen LogP contribution in [0.15, 0.2) is 59.1 Å². The van der Waals surface area contributed by atoms with E-state index >= 15 is 0 Å². The molecule has 3 heteroatoms. The molecule has 0 saturated carbocycles. The molecule has 3 rings (SSSR count). The van der Waals surface area contributed by atoms with Crippen LogP contribution in [0, 0.1) is 6.92 Å². The predicted octanol–water partition coefficient (Wildman–Crippen LogP) is 3.90. The summed E-state index contributed by atoms with van der Waals surface area (Å²) in [4.78, 5) is 0. The lowest BCUT2D eigenvalue weighted by atomic mass is 10.0. The van der Waals surface area contributed by atoms with Crippen LogP contribution >= 0.6 is 0 Å². The Kier molecular flexibility index (Phi) is 2.80. The van der Waals surface area contributed by atoms with Gasteiger partial charge >= 0.3 is 0 Å². The van der Waals surface area contributed by atoms with Gasteiger partial charge in [0.2, 0.25) is 0 Å². The van der Waals surface area contributed by atoms with Gasteiger partial charge in [0.05, 0.1) is 5.56 Å². The van der Waals surface area contributed by atoms with E-state index in [9.17, 15) is 0 Å². The third kappa shape index (κ3) is 2.10. The van der Waals surface area contributed by atoms with Crippen LogP contribution in [0.2, 0.25) is 0 Å². The Labute approximate surface area is 111 Å². The van der Waals surface area contributed by atoms with E-state index in [0.717, 1.165) is 16.7 Å². The lowest BCUT2D eigenvalue weighted by molar-refractivity contribution is 0.436. The van der Waals surface area contributed by atoms with Crippen LogP contribution in [0.3, 0.4) is 0 Å². The molecule has 3 nitrogen and oxygen atoms in total. The fraction of sp³-hybridized carbons (Fsp3) is 0.0625. The second-order valence-electron chi connectivity index (χ2n) is 4.51. The van der Waals surface area contributed by atoms with Crippen molar-refractivity contribution in [1.82, 2.24) is 5.16 Å². The van der Waals surface area contributed by atoms with E-state index in [0.29, 0.717) is 11.6 Å². The highest BCUT2D eigenvalue weighted by molar-refractivity contribution is 5.86. The average Bonchev–Trinajstić information content (AvgIpc) is 2.82. The van der Waals surface area contributed by atoms with Crippen molar-refractivity contribution in [3.05, 3.63) is 60.2 Å². The number of nitrogens with zero attached hydrogens (tertiary/aromatic N) is 1. The summed E-state index contributed by atoms with van der Waals surface area (Å²) in [7, 11) is 0. The molecule has 0 aliphatic rings. The van der Waals surface area contributed by atoms with Crippen molar-refractivity contribution in [2.45, 2.75) is 6.92 Å². The van der Waals surface area contributed by atoms with Crippen molar-refractivity contribution in [3.8, 4) is 22.5 Å². The third-order valence-electron chi connectivity index (χ3n) is 3.06. The van der Waals surface area contributed by atoms with Gasteiger partial charge in [-0.15, -0.1) is 0 Å². The van der Waals surface area contributed by atoms with Crippen LogP contribution in [0.5, 0.6) is 0 Å². The summed E-state index contributed by atoms with van der Waals surface area (Å²) in [5.41, 5.74) is 9.99. The van der Waals surface area contributed by atoms with E-state index in [-0.39, 0.29) is 0 Å². The summed E-state index contributed by atoms with van der Waals surface area (Å²) in [5, 5.41) is 3.90. The van der Waals surface area contributed by atoms with Crippen LogP contribution in [0.1, 0.15) is 5.56 Å². The molecule has 0 bridgehead atoms. The van der Waals surface area contributed by atoms with Gasteiger partial charge in [0, 0.05) is 5.56 Å². The molecule has 0 spiro atoms. The summed E-state index contributed by atoms with van der Waals surface area (Å²) in [6.07, 6.45) is 0. The van der Waals surface area contributed by atoms with Crippen molar-refractivity contribution in [1.29, 1.82) is 0 Å². The first-order valence-corrected chi connectivity index (χ1v) is 6.13. The van der Waals surface area contributed by atoms with Crippen molar-refractivity contribution in [3.63, 3.8) is 0 Å². The summed E-state index contributed by atoms with van der Waals surface area (Å²) < 4.78 is 5.40. The lowest BCUT2D eigenvalue weighted by Gasteiger charge is -2.03. The van der Waals surface area contributed by atoms with E-state index in [2.05, 4.69) is 24.2 Å². The molecule has 1 heterocycles. The van der Waals surface area contributed by atoms with Gasteiger partial charge in [0.25, 0.3) is 0 Å². The minimum atomic E-state index is 0.421. The monoisotopic (exact) mass is 250 g/mol. The van der Waals surface area contributed by atoms with Crippen LogP contribution in [0.4, 0.5) is 5.82 Å². The van der Waals surface area contributed by atoms with Crippen LogP contribution in [-0.2, 0) is 0 Å². The summed E-state index contributed by atoms with van der Waals surface area (Å²) in [6.45, 7) is 2.05. The smallest absolute Gasteiger partial charge is 0.176 e. The molecule has 0 aliphatic carbocycles. The first-order valence-electron chi connectivity index (χ1n) is 6.13. The molecule has 0 amide bonds. The maximum Gasteiger partial charge on any atom is 0.176 e. The molecule has 2 N–H and O–H groups in total. The average molecular weight is 250 g/mol. The highest BCUT2D eigenvalue weighted by Crippen LogP contribution is 2.36. The first-order chi connectivity index (χ1) is 9.25. The summed E-state index contributed by atoms with van der Waals surface area (Å²) in [6, 6.07) is 18.0. The molecule has 94 valence electrons. The quantitative estimate of drug-likeness (QED) is 0.750. The van der Waals surface area contributed by atoms with E-state index in [4.69, 9.17) is 10.3 Å². The first kappa shape index (κ1) is 11.5. The number of benzene rings is 2. The molecule has 0 radical (unpaired) electrons. The molecule has 0 saturated heterocycles. The Morgan fingerprint density at radius 3 is 2.42 bits per heavy atom. The fourth-order valence-electron chi connectivity index (χ4n) is 2.17. The predicted molar refractivity (Wildman–Crippen MR) is 76.5 cm³/mol. The Morgan fingerprint density at radius 1 is 0.947 bits per heavy atom. The zero-order chi connectivity index (χ0) is 13.2. The standard InChI is InChI=1S/C16H14N2O/c1-11-6-5-9-13(10-11)14-15(19-18-16(14)17)12-7-3-2-4-8-12/h2-10H,1H3,(H2,17,18). The van der Waals surface area contributed by atoms with E-state index in [1.54, 1.807) is 0 Å². The molecular weight excluding hydrogens is 236 g/mol. The second kappa shape index (κ2) is 4.61. The number of anilines is 1. The minimum absolute atomic E-state index is 0.421. The molecule has 1 aromatic heterocycles. The lowest BCUT2D eigenvalue weighted by Crippen LogP contribution is -1.89. The van der Waals surface area contributed by atoms with Gasteiger partial charge < -0.3 is 10.3 Å². The van der Waals surface area contributed by atoms with Crippen LogP contribution < -0.4 is 5.73 Å². The summed E-state index contributed by atoms with van der Waals surface area (Å²) >= 11 is 0. The van der Waals surface area contributed by atoms with Crippen molar-refractivity contribution in [2.75, 3.05) is 5.73 Å². The Bertz CT molecular complexity index is 702. The van der Waals surface area contributed by atoms with Crippen LogP contribution in [0.25, 0.3) is 22.5 Å². The molecule has 19 heavy (non-hydrogen) atoms. The fourth-order valence-corrected chi connectivity index (χ4v) is 2.17. The highest BCUT2D eigenvalue weighted by atomic mass is 16.5. The maximum absolute atomic E-state index is 5.96. The Hall–Kier alpha value is -2.55. The maximum atomic E-state index is 5.96. The van der Waals surface area contributed by atoms with Gasteiger partial charge in [-0.3, -0.25) is 0 Å². The molecular formula is C16H14N2O. The minimum Gasteiger partial charge on any atom is -0.380 e. The zero-order valence-corrected chi connectivity index (χ0v) is 10.6. The summed E-state index contributed by atoms with van der Waals surface area (Å²) in [5.74, 6) is 1.13. The van der Waals surface area contributed by atoms with Crippen molar-refractivity contribution < 1.29 is 4.52 Å². The van der Waals surface area contributed by atoms with Gasteiger partial charge in [0.15, 0.2) is 11.6 Å². The van der Waals surface area contributed by atoms with Crippen molar-refractivity contribution >= 4 is 5.82 Å². The number of hydrogen-bond acceptors (Lipinski definition) is 3. The topological polar surface area (TPSA) is 52.0 Å². The number of hydrogen-bond donors (Lipinski definition) is 1. The number of rotatable bonds is 2. The van der Waals surface area contributed by atoms with E-state index in [1.807, 2.05) is 42.5 Å². The van der Waals surface area contributed by atoms with Gasteiger partial charge in [-0.2, -0.15) is 0 Å². The molecule has 3 aromatic rings.